The first-order valence-corrected chi connectivity index (χ1v) is 4.84. The molecule has 11 heavy (non-hydrogen) atoms. The van der Waals surface area contributed by atoms with E-state index in [0.717, 1.165) is 18.3 Å². The number of ketones is 1. The molecule has 2 fully saturated rings. The smallest absolute Gasteiger partial charge is 0.136 e. The second-order valence-corrected chi connectivity index (χ2v) is 4.12. The molecule has 0 amide bonds. The Labute approximate surface area is 68.2 Å². The van der Waals surface area contributed by atoms with Crippen molar-refractivity contribution in [2.45, 2.75) is 39.0 Å². The molecule has 62 valence electrons. The van der Waals surface area contributed by atoms with Crippen LogP contribution in [-0.2, 0) is 4.79 Å². The zero-order valence-electron chi connectivity index (χ0n) is 7.18. The van der Waals surface area contributed by atoms with Gasteiger partial charge in [0.25, 0.3) is 0 Å². The summed E-state index contributed by atoms with van der Waals surface area (Å²) in [5.41, 5.74) is 0. The molecule has 0 aromatic carbocycles. The molecular formula is C10H16O. The molecule has 0 saturated heterocycles. The Bertz CT molecular complexity index is 170. The van der Waals surface area contributed by atoms with Crippen LogP contribution in [0.15, 0.2) is 0 Å². The van der Waals surface area contributed by atoms with E-state index in [1.54, 1.807) is 0 Å². The van der Waals surface area contributed by atoms with Gasteiger partial charge in [-0.15, -0.1) is 0 Å². The Morgan fingerprint density at radius 1 is 1.45 bits per heavy atom. The van der Waals surface area contributed by atoms with E-state index in [1.807, 2.05) is 0 Å². The summed E-state index contributed by atoms with van der Waals surface area (Å²) in [6.07, 6.45) is 5.94. The first kappa shape index (κ1) is 7.33. The maximum atomic E-state index is 11.4. The molecule has 1 heteroatoms. The fourth-order valence-electron chi connectivity index (χ4n) is 1.85. The van der Waals surface area contributed by atoms with E-state index >= 15 is 0 Å². The van der Waals surface area contributed by atoms with Gasteiger partial charge in [-0.25, -0.2) is 0 Å². The maximum absolute atomic E-state index is 11.4. The fraction of sp³-hybridized carbons (Fsp3) is 0.900. The highest BCUT2D eigenvalue weighted by Gasteiger charge is 2.42. The minimum atomic E-state index is 0.487. The predicted octanol–water partition coefficient (Wildman–Crippen LogP) is 2.40. The number of hydrogen-bond acceptors (Lipinski definition) is 1. The lowest BCUT2D eigenvalue weighted by atomic mass is 10.1. The minimum Gasteiger partial charge on any atom is -0.299 e. The molecule has 2 rings (SSSR count). The molecule has 0 radical (unpaired) electrons. The van der Waals surface area contributed by atoms with Crippen LogP contribution >= 0.6 is 0 Å². The van der Waals surface area contributed by atoms with E-state index in [2.05, 4.69) is 6.92 Å². The van der Waals surface area contributed by atoms with Gasteiger partial charge in [-0.05, 0) is 31.1 Å². The molecule has 0 spiro atoms. The summed E-state index contributed by atoms with van der Waals surface area (Å²) < 4.78 is 0. The molecule has 1 nitrogen and oxygen atoms in total. The van der Waals surface area contributed by atoms with Gasteiger partial charge < -0.3 is 0 Å². The Balaban J connectivity index is 1.73. The third-order valence-electron chi connectivity index (χ3n) is 3.05. The lowest BCUT2D eigenvalue weighted by Crippen LogP contribution is -2.02. The van der Waals surface area contributed by atoms with Gasteiger partial charge in [0, 0.05) is 12.3 Å². The van der Waals surface area contributed by atoms with Crippen molar-refractivity contribution in [2.75, 3.05) is 0 Å². The SMILES string of the molecule is CC[C@@H]1C[C@H]1C(=O)CC1CC1. The van der Waals surface area contributed by atoms with Gasteiger partial charge in [0.1, 0.15) is 5.78 Å². The largest absolute Gasteiger partial charge is 0.299 e. The molecule has 0 heterocycles. The third kappa shape index (κ3) is 1.63. The number of rotatable bonds is 4. The highest BCUT2D eigenvalue weighted by atomic mass is 16.1. The number of hydrogen-bond donors (Lipinski definition) is 0. The molecule has 0 aromatic rings. The quantitative estimate of drug-likeness (QED) is 0.604. The van der Waals surface area contributed by atoms with Crippen molar-refractivity contribution in [2.24, 2.45) is 17.8 Å². The zero-order valence-corrected chi connectivity index (χ0v) is 7.18. The Hall–Kier alpha value is -0.330. The van der Waals surface area contributed by atoms with E-state index in [9.17, 15) is 4.79 Å². The average Bonchev–Trinajstić information content (AvgIpc) is 2.82. The normalized spacial score (nSPS) is 35.4. The van der Waals surface area contributed by atoms with Crippen molar-refractivity contribution < 1.29 is 4.79 Å². The van der Waals surface area contributed by atoms with Crippen molar-refractivity contribution in [3.63, 3.8) is 0 Å². The Morgan fingerprint density at radius 2 is 2.18 bits per heavy atom. The Kier molecular flexibility index (Phi) is 1.74. The van der Waals surface area contributed by atoms with Crippen molar-refractivity contribution in [3.05, 3.63) is 0 Å². The average molecular weight is 152 g/mol. The van der Waals surface area contributed by atoms with Gasteiger partial charge in [0.05, 0.1) is 0 Å². The van der Waals surface area contributed by atoms with Crippen molar-refractivity contribution in [1.29, 1.82) is 0 Å². The maximum Gasteiger partial charge on any atom is 0.136 e. The number of Topliss-reactive ketones (excluding diaryl/α,β-unsaturated/α-hetero) is 1. The van der Waals surface area contributed by atoms with Gasteiger partial charge in [-0.3, -0.25) is 4.79 Å². The monoisotopic (exact) mass is 152 g/mol. The highest BCUT2D eigenvalue weighted by molar-refractivity contribution is 5.84. The summed E-state index contributed by atoms with van der Waals surface area (Å²) in [6.45, 7) is 2.19. The molecule has 2 aliphatic carbocycles. The van der Waals surface area contributed by atoms with Crippen LogP contribution in [0.5, 0.6) is 0 Å². The molecule has 0 N–H and O–H groups in total. The molecule has 2 aliphatic rings. The molecule has 0 unspecified atom stereocenters. The molecule has 2 saturated carbocycles. The summed E-state index contributed by atoms with van der Waals surface area (Å²) in [4.78, 5) is 11.4. The topological polar surface area (TPSA) is 17.1 Å². The fourth-order valence-corrected chi connectivity index (χ4v) is 1.85. The van der Waals surface area contributed by atoms with Crippen LogP contribution in [0.25, 0.3) is 0 Å². The molecule has 0 aromatic heterocycles. The van der Waals surface area contributed by atoms with Gasteiger partial charge in [-0.1, -0.05) is 13.3 Å². The van der Waals surface area contributed by atoms with Crippen LogP contribution in [0.4, 0.5) is 0 Å². The number of carbonyl (C=O) groups excluding carboxylic acids is 1. The van der Waals surface area contributed by atoms with E-state index in [-0.39, 0.29) is 0 Å². The number of carbonyl (C=O) groups is 1. The van der Waals surface area contributed by atoms with E-state index in [0.29, 0.717) is 11.7 Å². The first-order chi connectivity index (χ1) is 5.31. The van der Waals surface area contributed by atoms with Crippen molar-refractivity contribution >= 4 is 5.78 Å². The first-order valence-electron chi connectivity index (χ1n) is 4.84. The molecule has 0 aliphatic heterocycles. The van der Waals surface area contributed by atoms with Crippen LogP contribution in [0, 0.1) is 17.8 Å². The van der Waals surface area contributed by atoms with Crippen LogP contribution in [-0.4, -0.2) is 5.78 Å². The van der Waals surface area contributed by atoms with Gasteiger partial charge in [0.2, 0.25) is 0 Å². The lowest BCUT2D eigenvalue weighted by Gasteiger charge is -1.95. The second kappa shape index (κ2) is 2.62. The highest BCUT2D eigenvalue weighted by Crippen LogP contribution is 2.44. The molecular weight excluding hydrogens is 136 g/mol. The second-order valence-electron chi connectivity index (χ2n) is 4.12. The van der Waals surface area contributed by atoms with E-state index in [4.69, 9.17) is 0 Å². The summed E-state index contributed by atoms with van der Waals surface area (Å²) in [5, 5.41) is 0. The molecule has 2 atom stereocenters. The van der Waals surface area contributed by atoms with E-state index in [1.165, 1.54) is 25.7 Å². The summed E-state index contributed by atoms with van der Waals surface area (Å²) in [7, 11) is 0. The lowest BCUT2D eigenvalue weighted by molar-refractivity contribution is -0.120. The molecule has 0 bridgehead atoms. The van der Waals surface area contributed by atoms with Crippen LogP contribution in [0.1, 0.15) is 39.0 Å². The Morgan fingerprint density at radius 3 is 2.64 bits per heavy atom. The minimum absolute atomic E-state index is 0.487. The third-order valence-corrected chi connectivity index (χ3v) is 3.05. The summed E-state index contributed by atoms with van der Waals surface area (Å²) in [6, 6.07) is 0. The van der Waals surface area contributed by atoms with Crippen LogP contribution in [0.2, 0.25) is 0 Å². The zero-order chi connectivity index (χ0) is 7.84. The van der Waals surface area contributed by atoms with Gasteiger partial charge >= 0.3 is 0 Å². The van der Waals surface area contributed by atoms with Crippen molar-refractivity contribution in [3.8, 4) is 0 Å². The summed E-state index contributed by atoms with van der Waals surface area (Å²) in [5.74, 6) is 2.61. The van der Waals surface area contributed by atoms with Gasteiger partial charge in [0.15, 0.2) is 0 Å². The van der Waals surface area contributed by atoms with Crippen LogP contribution < -0.4 is 0 Å². The summed E-state index contributed by atoms with van der Waals surface area (Å²) >= 11 is 0. The van der Waals surface area contributed by atoms with E-state index < -0.39 is 0 Å². The predicted molar refractivity (Wildman–Crippen MR) is 44.2 cm³/mol. The van der Waals surface area contributed by atoms with Crippen molar-refractivity contribution in [1.82, 2.24) is 0 Å². The standard InChI is InChI=1S/C10H16O/c1-2-8-6-9(8)10(11)5-7-3-4-7/h7-9H,2-6H2,1H3/t8-,9-/m1/s1. The van der Waals surface area contributed by atoms with Crippen LogP contribution in [0.3, 0.4) is 0 Å². The van der Waals surface area contributed by atoms with Gasteiger partial charge in [-0.2, -0.15) is 0 Å².